The second kappa shape index (κ2) is 6.47. The quantitative estimate of drug-likeness (QED) is 0.820. The molecule has 0 spiro atoms. The van der Waals surface area contributed by atoms with Gasteiger partial charge >= 0.3 is 0 Å². The van der Waals surface area contributed by atoms with Gasteiger partial charge in [-0.05, 0) is 43.0 Å². The Balaban J connectivity index is 2.37. The summed E-state index contributed by atoms with van der Waals surface area (Å²) in [7, 11) is 0. The highest BCUT2D eigenvalue weighted by molar-refractivity contribution is 6.42. The van der Waals surface area contributed by atoms with Crippen LogP contribution in [0.4, 0.5) is 0 Å². The zero-order valence-corrected chi connectivity index (χ0v) is 13.3. The molecule has 0 heterocycles. The van der Waals surface area contributed by atoms with Gasteiger partial charge in [0.15, 0.2) is 0 Å². The maximum Gasteiger partial charge on any atom is 0.0595 e. The maximum absolute atomic E-state index is 6.22. The van der Waals surface area contributed by atoms with Crippen LogP contribution in [0.3, 0.4) is 0 Å². The fourth-order valence-electron chi connectivity index (χ4n) is 3.36. The van der Waals surface area contributed by atoms with Crippen molar-refractivity contribution in [3.8, 4) is 0 Å². The van der Waals surface area contributed by atoms with Gasteiger partial charge < -0.3 is 5.32 Å². The van der Waals surface area contributed by atoms with Gasteiger partial charge in [0, 0.05) is 12.0 Å². The van der Waals surface area contributed by atoms with Crippen molar-refractivity contribution >= 4 is 23.2 Å². The Hall–Kier alpha value is -0.240. The number of nitrogens with one attached hydrogen (secondary N) is 1. The molecule has 2 atom stereocenters. The third-order valence-corrected chi connectivity index (χ3v) is 5.38. The van der Waals surface area contributed by atoms with Crippen LogP contribution in [0.2, 0.25) is 10.0 Å². The van der Waals surface area contributed by atoms with Crippen LogP contribution in [-0.2, 0) is 5.41 Å². The minimum Gasteiger partial charge on any atom is -0.316 e. The average Bonchev–Trinajstić information content (AvgIpc) is 2.41. The summed E-state index contributed by atoms with van der Waals surface area (Å²) in [5.41, 5.74) is 1.55. The van der Waals surface area contributed by atoms with E-state index >= 15 is 0 Å². The summed E-state index contributed by atoms with van der Waals surface area (Å²) < 4.78 is 0. The van der Waals surface area contributed by atoms with E-state index in [1.165, 1.54) is 31.2 Å². The van der Waals surface area contributed by atoms with Crippen LogP contribution >= 0.6 is 23.2 Å². The van der Waals surface area contributed by atoms with Crippen molar-refractivity contribution in [1.29, 1.82) is 0 Å². The van der Waals surface area contributed by atoms with E-state index in [2.05, 4.69) is 31.3 Å². The summed E-state index contributed by atoms with van der Waals surface area (Å²) in [5.74, 6) is 0.678. The lowest BCUT2D eigenvalue weighted by Crippen LogP contribution is -2.45. The Morgan fingerprint density at radius 2 is 2.05 bits per heavy atom. The van der Waals surface area contributed by atoms with E-state index in [4.69, 9.17) is 23.2 Å². The molecule has 0 amide bonds. The van der Waals surface area contributed by atoms with Crippen molar-refractivity contribution in [1.82, 2.24) is 5.32 Å². The Morgan fingerprint density at radius 3 is 2.68 bits per heavy atom. The molecule has 3 heteroatoms. The fraction of sp³-hybridized carbons (Fsp3) is 0.625. The Morgan fingerprint density at radius 1 is 1.26 bits per heavy atom. The minimum absolute atomic E-state index is 0.211. The lowest BCUT2D eigenvalue weighted by Gasteiger charge is -2.44. The van der Waals surface area contributed by atoms with E-state index in [1.807, 2.05) is 6.07 Å². The second-order valence-corrected chi connectivity index (χ2v) is 6.53. The first kappa shape index (κ1) is 15.2. The first-order valence-corrected chi connectivity index (χ1v) is 8.02. The normalized spacial score (nSPS) is 27.5. The Bertz CT molecular complexity index is 433. The van der Waals surface area contributed by atoms with E-state index in [-0.39, 0.29) is 5.41 Å². The van der Waals surface area contributed by atoms with Crippen molar-refractivity contribution < 1.29 is 0 Å². The zero-order valence-electron chi connectivity index (χ0n) is 11.8. The van der Waals surface area contributed by atoms with Gasteiger partial charge in [0.2, 0.25) is 0 Å². The molecule has 0 saturated heterocycles. The summed E-state index contributed by atoms with van der Waals surface area (Å²) in [6.45, 7) is 6.58. The Kier molecular flexibility index (Phi) is 5.16. The lowest BCUT2D eigenvalue weighted by atomic mass is 9.63. The molecule has 19 heavy (non-hydrogen) atoms. The number of halogens is 2. The van der Waals surface area contributed by atoms with Crippen LogP contribution < -0.4 is 5.32 Å². The average molecular weight is 300 g/mol. The monoisotopic (exact) mass is 299 g/mol. The van der Waals surface area contributed by atoms with E-state index in [0.717, 1.165) is 13.1 Å². The van der Waals surface area contributed by atoms with Gasteiger partial charge in [0.05, 0.1) is 10.0 Å². The number of rotatable bonds is 4. The number of hydrogen-bond acceptors (Lipinski definition) is 1. The van der Waals surface area contributed by atoms with Crippen LogP contribution in [0.25, 0.3) is 0 Å². The predicted molar refractivity (Wildman–Crippen MR) is 84.3 cm³/mol. The van der Waals surface area contributed by atoms with Gasteiger partial charge in [-0.25, -0.2) is 0 Å². The molecule has 0 radical (unpaired) electrons. The van der Waals surface area contributed by atoms with Crippen molar-refractivity contribution in [2.24, 2.45) is 5.92 Å². The molecule has 106 valence electrons. The molecule has 1 fully saturated rings. The summed E-state index contributed by atoms with van der Waals surface area (Å²) in [5, 5.41) is 4.87. The van der Waals surface area contributed by atoms with Crippen LogP contribution in [0.1, 0.15) is 45.1 Å². The van der Waals surface area contributed by atoms with Gasteiger partial charge in [-0.1, -0.05) is 56.0 Å². The van der Waals surface area contributed by atoms with Gasteiger partial charge in [-0.15, -0.1) is 0 Å². The smallest absolute Gasteiger partial charge is 0.0595 e. The molecule has 1 aliphatic rings. The van der Waals surface area contributed by atoms with Crippen molar-refractivity contribution in [2.75, 3.05) is 13.1 Å². The van der Waals surface area contributed by atoms with Crippen molar-refractivity contribution in [2.45, 2.75) is 44.9 Å². The Labute approximate surface area is 126 Å². The highest BCUT2D eigenvalue weighted by Gasteiger charge is 2.39. The third kappa shape index (κ3) is 3.09. The molecule has 1 aromatic rings. The molecule has 1 aliphatic carbocycles. The fourth-order valence-corrected chi connectivity index (χ4v) is 3.66. The van der Waals surface area contributed by atoms with E-state index < -0.39 is 0 Å². The number of benzene rings is 1. The highest BCUT2D eigenvalue weighted by atomic mass is 35.5. The summed E-state index contributed by atoms with van der Waals surface area (Å²) in [6, 6.07) is 6.17. The van der Waals surface area contributed by atoms with E-state index in [9.17, 15) is 0 Å². The SMILES string of the molecule is CCNCC1(c2ccc(Cl)c(Cl)c2)CCCCC1C. The molecule has 2 rings (SSSR count). The predicted octanol–water partition coefficient (Wildman–Crippen LogP) is 5.05. The van der Waals surface area contributed by atoms with Crippen LogP contribution in [0.15, 0.2) is 18.2 Å². The molecule has 0 aromatic heterocycles. The van der Waals surface area contributed by atoms with Gasteiger partial charge in [-0.2, -0.15) is 0 Å². The lowest BCUT2D eigenvalue weighted by molar-refractivity contribution is 0.194. The second-order valence-electron chi connectivity index (χ2n) is 5.71. The molecule has 0 bridgehead atoms. The van der Waals surface area contributed by atoms with Crippen LogP contribution in [0.5, 0.6) is 0 Å². The third-order valence-electron chi connectivity index (χ3n) is 4.64. The van der Waals surface area contributed by atoms with Gasteiger partial charge in [0.25, 0.3) is 0 Å². The molecular formula is C16H23Cl2N. The molecule has 1 aromatic carbocycles. The number of likely N-dealkylation sites (N-methyl/N-ethyl adjacent to an activating group) is 1. The minimum atomic E-state index is 0.211. The number of hydrogen-bond donors (Lipinski definition) is 1. The molecular weight excluding hydrogens is 277 g/mol. The maximum atomic E-state index is 6.22. The zero-order chi connectivity index (χ0) is 13.9. The van der Waals surface area contributed by atoms with Gasteiger partial charge in [0.1, 0.15) is 0 Å². The largest absolute Gasteiger partial charge is 0.316 e. The standard InChI is InChI=1S/C16H23Cl2N/c1-3-19-11-16(9-5-4-6-12(16)2)13-7-8-14(17)15(18)10-13/h7-8,10,12,19H,3-6,9,11H2,1-2H3. The van der Waals surface area contributed by atoms with Gasteiger partial charge in [-0.3, -0.25) is 0 Å². The van der Waals surface area contributed by atoms with E-state index in [1.54, 1.807) is 0 Å². The van der Waals surface area contributed by atoms with Crippen molar-refractivity contribution in [3.05, 3.63) is 33.8 Å². The van der Waals surface area contributed by atoms with Crippen LogP contribution in [0, 0.1) is 5.92 Å². The molecule has 1 N–H and O–H groups in total. The highest BCUT2D eigenvalue weighted by Crippen LogP contribution is 2.44. The molecule has 2 unspecified atom stereocenters. The summed E-state index contributed by atoms with van der Waals surface area (Å²) in [4.78, 5) is 0. The van der Waals surface area contributed by atoms with Crippen LogP contribution in [-0.4, -0.2) is 13.1 Å². The van der Waals surface area contributed by atoms with Crippen molar-refractivity contribution in [3.63, 3.8) is 0 Å². The first-order valence-electron chi connectivity index (χ1n) is 7.26. The topological polar surface area (TPSA) is 12.0 Å². The first-order chi connectivity index (χ1) is 9.10. The summed E-state index contributed by atoms with van der Waals surface area (Å²) >= 11 is 12.3. The summed E-state index contributed by atoms with van der Waals surface area (Å²) in [6.07, 6.45) is 5.18. The van der Waals surface area contributed by atoms with E-state index in [0.29, 0.717) is 16.0 Å². The molecule has 0 aliphatic heterocycles. The molecule has 1 nitrogen and oxygen atoms in total. The molecule has 1 saturated carbocycles.